The van der Waals surface area contributed by atoms with Crippen molar-refractivity contribution < 1.29 is 13.9 Å². The number of benzene rings is 1. The van der Waals surface area contributed by atoms with Crippen LogP contribution in [-0.2, 0) is 0 Å². The zero-order valence-electron chi connectivity index (χ0n) is 12.5. The number of ether oxygens (including phenoxy) is 2. The predicted molar refractivity (Wildman–Crippen MR) is 87.7 cm³/mol. The lowest BCUT2D eigenvalue weighted by molar-refractivity contribution is 0.354. The van der Waals surface area contributed by atoms with E-state index < -0.39 is 0 Å². The fourth-order valence-corrected chi connectivity index (χ4v) is 2.28. The number of methoxy groups -OCH3 is 2. The molecule has 118 valence electrons. The second-order valence-corrected chi connectivity index (χ2v) is 4.86. The quantitative estimate of drug-likeness (QED) is 0.574. The molecule has 0 amide bonds. The van der Waals surface area contributed by atoms with E-state index in [2.05, 4.69) is 15.3 Å². The Hall–Kier alpha value is -2.87. The molecule has 1 aromatic carbocycles. The maximum Gasteiger partial charge on any atom is 0.219 e. The van der Waals surface area contributed by atoms with Crippen LogP contribution in [0.25, 0.3) is 11.6 Å². The molecule has 0 atom stereocenters. The van der Waals surface area contributed by atoms with Gasteiger partial charge in [-0.25, -0.2) is 5.10 Å². The molecule has 3 rings (SSSR count). The Morgan fingerprint density at radius 2 is 2.13 bits per heavy atom. The molecule has 23 heavy (non-hydrogen) atoms. The number of nitrogens with one attached hydrogen (secondary N) is 1. The summed E-state index contributed by atoms with van der Waals surface area (Å²) < 4.78 is 17.8. The summed E-state index contributed by atoms with van der Waals surface area (Å²) in [4.78, 5) is 0. The van der Waals surface area contributed by atoms with Gasteiger partial charge in [0.1, 0.15) is 0 Å². The highest BCUT2D eigenvalue weighted by Crippen LogP contribution is 2.29. The number of hydrogen-bond acceptors (Lipinski definition) is 6. The summed E-state index contributed by atoms with van der Waals surface area (Å²) >= 11 is 5.21. The Labute approximate surface area is 137 Å². The van der Waals surface area contributed by atoms with Gasteiger partial charge in [0.05, 0.1) is 26.7 Å². The molecule has 0 bridgehead atoms. The molecule has 0 aliphatic rings. The van der Waals surface area contributed by atoms with Crippen molar-refractivity contribution >= 4 is 18.4 Å². The number of rotatable bonds is 5. The van der Waals surface area contributed by atoms with Gasteiger partial charge >= 0.3 is 0 Å². The number of aromatic nitrogens is 3. The monoisotopic (exact) mass is 330 g/mol. The lowest BCUT2D eigenvalue weighted by Gasteiger charge is -2.09. The van der Waals surface area contributed by atoms with Crippen molar-refractivity contribution in [1.82, 2.24) is 14.9 Å². The number of aromatic amines is 1. The third-order valence-corrected chi connectivity index (χ3v) is 3.40. The van der Waals surface area contributed by atoms with Crippen LogP contribution in [0.2, 0.25) is 0 Å². The van der Waals surface area contributed by atoms with E-state index in [4.69, 9.17) is 26.1 Å². The second-order valence-electron chi connectivity index (χ2n) is 4.47. The van der Waals surface area contributed by atoms with E-state index in [1.54, 1.807) is 38.8 Å². The number of nitrogens with zero attached hydrogens (tertiary/aromatic N) is 3. The van der Waals surface area contributed by atoms with E-state index in [9.17, 15) is 0 Å². The fourth-order valence-electron chi connectivity index (χ4n) is 2.10. The molecule has 2 aromatic heterocycles. The van der Waals surface area contributed by atoms with Gasteiger partial charge in [-0.05, 0) is 36.5 Å². The number of furan rings is 1. The van der Waals surface area contributed by atoms with E-state index >= 15 is 0 Å². The molecule has 0 fully saturated rings. The third-order valence-electron chi connectivity index (χ3n) is 3.14. The maximum atomic E-state index is 5.38. The first-order valence-electron chi connectivity index (χ1n) is 6.71. The molecular weight excluding hydrogens is 316 g/mol. The molecule has 7 nitrogen and oxygen atoms in total. The van der Waals surface area contributed by atoms with E-state index in [0.717, 1.165) is 5.56 Å². The minimum Gasteiger partial charge on any atom is -0.493 e. The van der Waals surface area contributed by atoms with E-state index in [0.29, 0.717) is 27.9 Å². The average Bonchev–Trinajstić information content (AvgIpc) is 3.22. The van der Waals surface area contributed by atoms with Crippen LogP contribution in [0.4, 0.5) is 0 Å². The molecule has 2 heterocycles. The van der Waals surface area contributed by atoms with Gasteiger partial charge in [-0.2, -0.15) is 9.78 Å². The molecule has 0 spiro atoms. The summed E-state index contributed by atoms with van der Waals surface area (Å²) in [6.45, 7) is 0. The Balaban J connectivity index is 2.02. The molecular formula is C15H14N4O3S. The summed E-state index contributed by atoms with van der Waals surface area (Å²) in [6, 6.07) is 9.08. The molecule has 8 heteroatoms. The fraction of sp³-hybridized carbons (Fsp3) is 0.133. The normalized spacial score (nSPS) is 11.0. The smallest absolute Gasteiger partial charge is 0.219 e. The minimum atomic E-state index is 0.356. The molecule has 0 aliphatic heterocycles. The van der Waals surface area contributed by atoms with Gasteiger partial charge in [0, 0.05) is 5.56 Å². The van der Waals surface area contributed by atoms with Crippen LogP contribution in [0.3, 0.4) is 0 Å². The van der Waals surface area contributed by atoms with Crippen molar-refractivity contribution in [3.8, 4) is 23.1 Å². The highest BCUT2D eigenvalue weighted by atomic mass is 32.1. The summed E-state index contributed by atoms with van der Waals surface area (Å²) in [7, 11) is 3.16. The SMILES string of the molecule is COc1cccc(C=Nn2c(-c3ccco3)n[nH]c2=S)c1OC. The van der Waals surface area contributed by atoms with Crippen LogP contribution in [0.5, 0.6) is 11.5 Å². The Morgan fingerprint density at radius 1 is 1.26 bits per heavy atom. The summed E-state index contributed by atoms with van der Waals surface area (Å²) in [5.74, 6) is 2.26. The van der Waals surface area contributed by atoms with Gasteiger partial charge in [0.25, 0.3) is 0 Å². The summed E-state index contributed by atoms with van der Waals surface area (Å²) in [6.07, 6.45) is 3.19. The molecule has 0 aliphatic carbocycles. The number of para-hydroxylation sites is 1. The van der Waals surface area contributed by atoms with E-state index in [1.165, 1.54) is 4.68 Å². The highest BCUT2D eigenvalue weighted by molar-refractivity contribution is 7.71. The first-order valence-corrected chi connectivity index (χ1v) is 7.12. The third kappa shape index (κ3) is 2.88. The van der Waals surface area contributed by atoms with Crippen LogP contribution < -0.4 is 9.47 Å². The second kappa shape index (κ2) is 6.49. The Morgan fingerprint density at radius 3 is 2.83 bits per heavy atom. The van der Waals surface area contributed by atoms with Crippen molar-refractivity contribution in [1.29, 1.82) is 0 Å². The Bertz CT molecular complexity index is 881. The lowest BCUT2D eigenvalue weighted by atomic mass is 10.2. The van der Waals surface area contributed by atoms with E-state index in [-0.39, 0.29) is 0 Å². The van der Waals surface area contributed by atoms with Crippen molar-refractivity contribution in [2.45, 2.75) is 0 Å². The van der Waals surface area contributed by atoms with E-state index in [1.807, 2.05) is 18.2 Å². The highest BCUT2D eigenvalue weighted by Gasteiger charge is 2.11. The topological polar surface area (TPSA) is 77.6 Å². The van der Waals surface area contributed by atoms with Crippen LogP contribution in [0, 0.1) is 4.77 Å². The minimum absolute atomic E-state index is 0.356. The first kappa shape index (κ1) is 15.0. The number of hydrogen-bond donors (Lipinski definition) is 1. The average molecular weight is 330 g/mol. The summed E-state index contributed by atoms with van der Waals surface area (Å²) in [5.41, 5.74) is 0.750. The largest absolute Gasteiger partial charge is 0.493 e. The van der Waals surface area contributed by atoms with Gasteiger partial charge in [-0.3, -0.25) is 0 Å². The van der Waals surface area contributed by atoms with Crippen molar-refractivity contribution in [3.63, 3.8) is 0 Å². The maximum absolute atomic E-state index is 5.38. The van der Waals surface area contributed by atoms with Gasteiger partial charge in [0.2, 0.25) is 10.6 Å². The summed E-state index contributed by atoms with van der Waals surface area (Å²) in [5, 5.41) is 11.2. The first-order chi connectivity index (χ1) is 11.2. The van der Waals surface area contributed by atoms with Crippen LogP contribution in [-0.4, -0.2) is 35.3 Å². The lowest BCUT2D eigenvalue weighted by Crippen LogP contribution is -1.98. The molecule has 0 saturated carbocycles. The molecule has 0 unspecified atom stereocenters. The van der Waals surface area contributed by atoms with Crippen LogP contribution in [0.1, 0.15) is 5.56 Å². The number of H-pyrrole nitrogens is 1. The van der Waals surface area contributed by atoms with Gasteiger partial charge < -0.3 is 13.9 Å². The van der Waals surface area contributed by atoms with Crippen molar-refractivity contribution in [2.24, 2.45) is 5.10 Å². The van der Waals surface area contributed by atoms with Gasteiger partial charge in [-0.15, -0.1) is 5.10 Å². The molecule has 3 aromatic rings. The zero-order valence-corrected chi connectivity index (χ0v) is 13.3. The zero-order chi connectivity index (χ0) is 16.2. The van der Waals surface area contributed by atoms with Gasteiger partial charge in [0.15, 0.2) is 17.3 Å². The Kier molecular flexibility index (Phi) is 4.24. The molecule has 1 N–H and O–H groups in total. The van der Waals surface area contributed by atoms with Crippen LogP contribution >= 0.6 is 12.2 Å². The molecule has 0 saturated heterocycles. The van der Waals surface area contributed by atoms with Crippen molar-refractivity contribution in [3.05, 3.63) is 46.9 Å². The van der Waals surface area contributed by atoms with Gasteiger partial charge in [-0.1, -0.05) is 6.07 Å². The predicted octanol–water partition coefficient (Wildman–Crippen LogP) is 3.10. The van der Waals surface area contributed by atoms with Crippen LogP contribution in [0.15, 0.2) is 46.1 Å². The molecule has 0 radical (unpaired) electrons. The standard InChI is InChI=1S/C15H14N4O3S/c1-20-11-6-3-5-10(13(11)21-2)9-16-19-14(17-18-15(19)23)12-7-4-8-22-12/h3-9H,1-2H3,(H,18,23). The van der Waals surface area contributed by atoms with Crippen molar-refractivity contribution in [2.75, 3.05) is 14.2 Å².